The molecular formula is C23H25N3O4. The third kappa shape index (κ3) is 3.97. The first-order chi connectivity index (χ1) is 14.2. The Morgan fingerprint density at radius 2 is 1.70 bits per heavy atom. The zero-order valence-electron chi connectivity index (χ0n) is 17.5. The van der Waals surface area contributed by atoms with E-state index in [1.54, 1.807) is 36.2 Å². The standard InChI is InChI=1S/C23H25N3O4/c1-14-5-6-17(13-15(14)2)20-21(25(4)11-12-27)23(30)26(22(20)29)19-9-7-18(8-10-19)24-16(3)28/h5-10,13,27H,11-12H2,1-4H3,(H,24,28). The molecule has 156 valence electrons. The van der Waals surface area contributed by atoms with Gasteiger partial charge in [-0.1, -0.05) is 18.2 Å². The Balaban J connectivity index is 2.06. The predicted molar refractivity (Wildman–Crippen MR) is 116 cm³/mol. The van der Waals surface area contributed by atoms with Crippen molar-refractivity contribution in [2.45, 2.75) is 20.8 Å². The Labute approximate surface area is 175 Å². The largest absolute Gasteiger partial charge is 0.395 e. The molecule has 0 saturated carbocycles. The van der Waals surface area contributed by atoms with Gasteiger partial charge >= 0.3 is 0 Å². The molecule has 0 unspecified atom stereocenters. The van der Waals surface area contributed by atoms with Gasteiger partial charge in [0.1, 0.15) is 5.70 Å². The fourth-order valence-electron chi connectivity index (χ4n) is 3.42. The van der Waals surface area contributed by atoms with Crippen LogP contribution in [0.1, 0.15) is 23.6 Å². The number of carbonyl (C=O) groups is 3. The molecule has 2 N–H and O–H groups in total. The molecule has 7 nitrogen and oxygen atoms in total. The zero-order chi connectivity index (χ0) is 22.0. The van der Waals surface area contributed by atoms with Crippen molar-refractivity contribution in [1.29, 1.82) is 0 Å². The normalized spacial score (nSPS) is 13.8. The van der Waals surface area contributed by atoms with Crippen LogP contribution in [0, 0.1) is 13.8 Å². The summed E-state index contributed by atoms with van der Waals surface area (Å²) in [6.07, 6.45) is 0. The number of carbonyl (C=O) groups excluding carboxylic acids is 3. The molecule has 2 aromatic rings. The van der Waals surface area contributed by atoms with Crippen LogP contribution in [0.2, 0.25) is 0 Å². The van der Waals surface area contributed by atoms with Crippen molar-refractivity contribution in [3.05, 3.63) is 64.9 Å². The summed E-state index contributed by atoms with van der Waals surface area (Å²) in [5.74, 6) is -1.07. The fourth-order valence-corrected chi connectivity index (χ4v) is 3.42. The molecule has 0 radical (unpaired) electrons. The van der Waals surface area contributed by atoms with E-state index in [2.05, 4.69) is 5.32 Å². The van der Waals surface area contributed by atoms with Crippen LogP contribution >= 0.6 is 0 Å². The summed E-state index contributed by atoms with van der Waals surface area (Å²) in [7, 11) is 1.68. The van der Waals surface area contributed by atoms with Gasteiger partial charge in [0.2, 0.25) is 5.91 Å². The lowest BCUT2D eigenvalue weighted by Crippen LogP contribution is -2.34. The van der Waals surface area contributed by atoms with Crippen LogP contribution in [0.4, 0.5) is 11.4 Å². The first kappa shape index (κ1) is 21.3. The van der Waals surface area contributed by atoms with Crippen molar-refractivity contribution in [2.75, 3.05) is 30.4 Å². The van der Waals surface area contributed by atoms with Gasteiger partial charge in [-0.15, -0.1) is 0 Å². The first-order valence-electron chi connectivity index (χ1n) is 9.65. The predicted octanol–water partition coefficient (Wildman–Crippen LogP) is 2.47. The number of benzene rings is 2. The molecule has 1 aliphatic heterocycles. The van der Waals surface area contributed by atoms with Crippen molar-refractivity contribution in [3.63, 3.8) is 0 Å². The number of anilines is 2. The second-order valence-electron chi connectivity index (χ2n) is 7.34. The van der Waals surface area contributed by atoms with Crippen molar-refractivity contribution in [2.24, 2.45) is 0 Å². The minimum absolute atomic E-state index is 0.146. The number of amides is 3. The molecule has 0 aliphatic carbocycles. The summed E-state index contributed by atoms with van der Waals surface area (Å²) in [6, 6.07) is 12.2. The van der Waals surface area contributed by atoms with Gasteiger partial charge in [0.05, 0.1) is 17.9 Å². The van der Waals surface area contributed by atoms with E-state index >= 15 is 0 Å². The van der Waals surface area contributed by atoms with E-state index in [4.69, 9.17) is 0 Å². The van der Waals surface area contributed by atoms with Gasteiger partial charge in [0, 0.05) is 26.2 Å². The lowest BCUT2D eigenvalue weighted by Gasteiger charge is -2.20. The summed E-state index contributed by atoms with van der Waals surface area (Å²) < 4.78 is 0. The second kappa shape index (κ2) is 8.51. The summed E-state index contributed by atoms with van der Waals surface area (Å²) in [5.41, 5.74) is 4.31. The molecule has 2 aromatic carbocycles. The Kier molecular flexibility index (Phi) is 6.03. The molecule has 3 rings (SSSR count). The Morgan fingerprint density at radius 1 is 1.03 bits per heavy atom. The topological polar surface area (TPSA) is 90.0 Å². The van der Waals surface area contributed by atoms with Crippen LogP contribution in [0.15, 0.2) is 48.2 Å². The highest BCUT2D eigenvalue weighted by atomic mass is 16.3. The first-order valence-corrected chi connectivity index (χ1v) is 9.65. The molecule has 3 amide bonds. The van der Waals surface area contributed by atoms with E-state index in [0.29, 0.717) is 22.5 Å². The number of likely N-dealkylation sites (N-methyl/N-ethyl adjacent to an activating group) is 1. The van der Waals surface area contributed by atoms with Gasteiger partial charge in [0.15, 0.2) is 0 Å². The van der Waals surface area contributed by atoms with Crippen LogP contribution in [0.3, 0.4) is 0 Å². The van der Waals surface area contributed by atoms with Crippen LogP contribution in [-0.4, -0.2) is 47.9 Å². The molecule has 7 heteroatoms. The van der Waals surface area contributed by atoms with Gasteiger partial charge in [-0.05, 0) is 54.8 Å². The minimum Gasteiger partial charge on any atom is -0.395 e. The molecule has 1 heterocycles. The highest BCUT2D eigenvalue weighted by molar-refractivity contribution is 6.45. The Bertz CT molecular complexity index is 1040. The quantitative estimate of drug-likeness (QED) is 0.718. The molecule has 0 saturated heterocycles. The Morgan fingerprint density at radius 3 is 2.27 bits per heavy atom. The van der Waals surface area contributed by atoms with E-state index in [1.807, 2.05) is 32.0 Å². The van der Waals surface area contributed by atoms with Crippen LogP contribution < -0.4 is 10.2 Å². The number of aliphatic hydroxyl groups is 1. The summed E-state index contributed by atoms with van der Waals surface area (Å²) in [6.45, 7) is 5.42. The van der Waals surface area contributed by atoms with E-state index in [0.717, 1.165) is 16.0 Å². The highest BCUT2D eigenvalue weighted by Gasteiger charge is 2.41. The average Bonchev–Trinajstić information content (AvgIpc) is 2.95. The van der Waals surface area contributed by atoms with Gasteiger partial charge in [-0.25, -0.2) is 4.90 Å². The summed E-state index contributed by atoms with van der Waals surface area (Å²) in [5, 5.41) is 12.0. The number of nitrogens with one attached hydrogen (secondary N) is 1. The molecule has 30 heavy (non-hydrogen) atoms. The maximum atomic E-state index is 13.4. The van der Waals surface area contributed by atoms with E-state index in [9.17, 15) is 19.5 Å². The van der Waals surface area contributed by atoms with E-state index in [-0.39, 0.29) is 24.8 Å². The number of rotatable bonds is 6. The maximum absolute atomic E-state index is 13.4. The highest BCUT2D eigenvalue weighted by Crippen LogP contribution is 2.35. The SMILES string of the molecule is CC(=O)Nc1ccc(N2C(=O)C(c3ccc(C)c(C)c3)=C(N(C)CCO)C2=O)cc1. The second-order valence-corrected chi connectivity index (χ2v) is 7.34. The van der Waals surface area contributed by atoms with Crippen LogP contribution in [-0.2, 0) is 14.4 Å². The molecule has 1 aliphatic rings. The lowest BCUT2D eigenvalue weighted by molar-refractivity contribution is -0.120. The molecule has 0 atom stereocenters. The number of imide groups is 1. The maximum Gasteiger partial charge on any atom is 0.282 e. The molecule has 0 fully saturated rings. The van der Waals surface area contributed by atoms with Gasteiger partial charge in [-0.2, -0.15) is 0 Å². The van der Waals surface area contributed by atoms with Crippen LogP contribution in [0.25, 0.3) is 5.57 Å². The lowest BCUT2D eigenvalue weighted by atomic mass is 9.99. The third-order valence-electron chi connectivity index (χ3n) is 5.12. The van der Waals surface area contributed by atoms with Crippen molar-refractivity contribution in [1.82, 2.24) is 4.90 Å². The number of aliphatic hydroxyl groups excluding tert-OH is 1. The monoisotopic (exact) mass is 407 g/mol. The summed E-state index contributed by atoms with van der Waals surface area (Å²) >= 11 is 0. The van der Waals surface area contributed by atoms with Gasteiger partial charge in [0.25, 0.3) is 11.8 Å². The smallest absolute Gasteiger partial charge is 0.282 e. The number of aryl methyl sites for hydroxylation is 2. The number of hydrogen-bond donors (Lipinski definition) is 2. The van der Waals surface area contributed by atoms with Crippen molar-refractivity contribution in [3.8, 4) is 0 Å². The van der Waals surface area contributed by atoms with Gasteiger partial charge < -0.3 is 15.3 Å². The fraction of sp³-hybridized carbons (Fsp3) is 0.261. The van der Waals surface area contributed by atoms with Crippen molar-refractivity contribution >= 4 is 34.7 Å². The zero-order valence-corrected chi connectivity index (χ0v) is 17.5. The van der Waals surface area contributed by atoms with Gasteiger partial charge in [-0.3, -0.25) is 14.4 Å². The van der Waals surface area contributed by atoms with Crippen LogP contribution in [0.5, 0.6) is 0 Å². The molecule has 0 aromatic heterocycles. The van der Waals surface area contributed by atoms with E-state index < -0.39 is 11.8 Å². The average molecular weight is 407 g/mol. The van der Waals surface area contributed by atoms with E-state index in [1.165, 1.54) is 6.92 Å². The number of hydrogen-bond acceptors (Lipinski definition) is 5. The third-order valence-corrected chi connectivity index (χ3v) is 5.12. The molecule has 0 spiro atoms. The summed E-state index contributed by atoms with van der Waals surface area (Å²) in [4.78, 5) is 40.6. The molecular weight excluding hydrogens is 382 g/mol. The minimum atomic E-state index is -0.448. The Hall–Kier alpha value is -3.45. The number of nitrogens with zero attached hydrogens (tertiary/aromatic N) is 2. The van der Waals surface area contributed by atoms with Crippen molar-refractivity contribution < 1.29 is 19.5 Å². The molecule has 0 bridgehead atoms.